The Hall–Kier alpha value is -1.31. The molecule has 0 aliphatic carbocycles. The van der Waals surface area contributed by atoms with Crippen LogP contribution in [0.25, 0.3) is 0 Å². The average Bonchev–Trinajstić information content (AvgIpc) is 2.99. The molecule has 124 valence electrons. The van der Waals surface area contributed by atoms with E-state index in [1.165, 1.54) is 0 Å². The average molecular weight is 363 g/mol. The zero-order valence-electron chi connectivity index (χ0n) is 12.2. The van der Waals surface area contributed by atoms with Crippen molar-refractivity contribution < 1.29 is 17.9 Å². The summed E-state index contributed by atoms with van der Waals surface area (Å²) in [5, 5.41) is 3.96. The van der Waals surface area contributed by atoms with Gasteiger partial charge in [-0.05, 0) is 35.4 Å². The van der Waals surface area contributed by atoms with Gasteiger partial charge in [0, 0.05) is 19.3 Å². The van der Waals surface area contributed by atoms with Gasteiger partial charge in [0.1, 0.15) is 11.9 Å². The summed E-state index contributed by atoms with van der Waals surface area (Å²) in [5.41, 5.74) is 0.205. The van der Waals surface area contributed by atoms with Crippen LogP contribution in [0.1, 0.15) is 24.2 Å². The minimum Gasteiger partial charge on any atom is -0.367 e. The van der Waals surface area contributed by atoms with E-state index in [0.29, 0.717) is 18.9 Å². The molecule has 0 bridgehead atoms. The maximum absolute atomic E-state index is 12.7. The maximum Gasteiger partial charge on any atom is 0.417 e. The molecule has 23 heavy (non-hydrogen) atoms. The smallest absolute Gasteiger partial charge is 0.367 e. The minimum atomic E-state index is -4.45. The lowest BCUT2D eigenvalue weighted by molar-refractivity contribution is -0.137. The van der Waals surface area contributed by atoms with E-state index in [4.69, 9.17) is 16.3 Å². The number of anilines is 1. The first-order valence-electron chi connectivity index (χ1n) is 7.00. The molecule has 0 radical (unpaired) electrons. The number of pyridine rings is 1. The van der Waals surface area contributed by atoms with Crippen molar-refractivity contribution >= 4 is 28.8 Å². The molecule has 1 saturated heterocycles. The Kier molecular flexibility index (Phi) is 4.53. The molecule has 3 nitrogen and oxygen atoms in total. The molecule has 3 heterocycles. The van der Waals surface area contributed by atoms with Crippen molar-refractivity contribution in [3.05, 3.63) is 45.2 Å². The molecule has 2 atom stereocenters. The van der Waals surface area contributed by atoms with Crippen LogP contribution in [-0.4, -0.2) is 24.2 Å². The van der Waals surface area contributed by atoms with Crippen LogP contribution >= 0.6 is 22.9 Å². The summed E-state index contributed by atoms with van der Waals surface area (Å²) in [4.78, 5) is 5.81. The molecule has 0 spiro atoms. The lowest BCUT2D eigenvalue weighted by atomic mass is 10.1. The van der Waals surface area contributed by atoms with Crippen molar-refractivity contribution in [2.75, 3.05) is 18.0 Å². The molecule has 0 amide bonds. The molecule has 8 heteroatoms. The van der Waals surface area contributed by atoms with Gasteiger partial charge >= 0.3 is 6.18 Å². The van der Waals surface area contributed by atoms with Crippen LogP contribution < -0.4 is 4.90 Å². The Morgan fingerprint density at radius 3 is 2.78 bits per heavy atom. The molecule has 0 N–H and O–H groups in total. The highest BCUT2D eigenvalue weighted by molar-refractivity contribution is 7.07. The molecular formula is C15H14ClF3N2OS. The van der Waals surface area contributed by atoms with Crippen LogP contribution in [0, 0.1) is 0 Å². The fourth-order valence-corrected chi connectivity index (χ4v) is 3.57. The Balaban J connectivity index is 1.86. The summed E-state index contributed by atoms with van der Waals surface area (Å²) in [6, 6.07) is 2.90. The number of rotatable bonds is 2. The van der Waals surface area contributed by atoms with Gasteiger partial charge in [-0.1, -0.05) is 11.6 Å². The van der Waals surface area contributed by atoms with Gasteiger partial charge in [-0.25, -0.2) is 4.98 Å². The third kappa shape index (κ3) is 3.62. The first kappa shape index (κ1) is 16.5. The van der Waals surface area contributed by atoms with Gasteiger partial charge in [-0.2, -0.15) is 24.5 Å². The summed E-state index contributed by atoms with van der Waals surface area (Å²) in [6.07, 6.45) is -3.85. The van der Waals surface area contributed by atoms with Crippen LogP contribution in [0.5, 0.6) is 0 Å². The standard InChI is InChI=1S/C15H14ClF3N2OS/c1-9-6-21(7-13(22-9)10-2-3-23-8-10)14-12(16)4-11(5-20-14)15(17,18)19/h2-5,8-9,13H,6-7H2,1H3. The number of thiophene rings is 1. The first-order chi connectivity index (χ1) is 10.8. The van der Waals surface area contributed by atoms with Crippen molar-refractivity contribution in [3.8, 4) is 0 Å². The van der Waals surface area contributed by atoms with Crippen LogP contribution in [-0.2, 0) is 10.9 Å². The molecule has 1 aliphatic rings. The van der Waals surface area contributed by atoms with E-state index in [2.05, 4.69) is 4.98 Å². The monoisotopic (exact) mass is 362 g/mol. The predicted octanol–water partition coefficient (Wildman–Crippen LogP) is 4.78. The normalized spacial score (nSPS) is 22.4. The second-order valence-corrected chi connectivity index (χ2v) is 6.61. The summed E-state index contributed by atoms with van der Waals surface area (Å²) in [7, 11) is 0. The molecule has 3 rings (SSSR count). The highest BCUT2D eigenvalue weighted by atomic mass is 35.5. The predicted molar refractivity (Wildman–Crippen MR) is 84.1 cm³/mol. The minimum absolute atomic E-state index is 0.00186. The molecule has 2 unspecified atom stereocenters. The number of hydrogen-bond acceptors (Lipinski definition) is 4. The van der Waals surface area contributed by atoms with Crippen LogP contribution in [0.15, 0.2) is 29.1 Å². The van der Waals surface area contributed by atoms with Crippen LogP contribution in [0.3, 0.4) is 0 Å². The number of nitrogens with zero attached hydrogens (tertiary/aromatic N) is 2. The van der Waals surface area contributed by atoms with Crippen molar-refractivity contribution in [1.29, 1.82) is 0 Å². The van der Waals surface area contributed by atoms with E-state index in [9.17, 15) is 13.2 Å². The highest BCUT2D eigenvalue weighted by Crippen LogP contribution is 2.36. The second-order valence-electron chi connectivity index (χ2n) is 5.42. The molecule has 1 fully saturated rings. The summed E-state index contributed by atoms with van der Waals surface area (Å²) in [5.74, 6) is 0.357. The van der Waals surface area contributed by atoms with Gasteiger partial charge in [-0.15, -0.1) is 0 Å². The van der Waals surface area contributed by atoms with Gasteiger partial charge < -0.3 is 9.64 Å². The number of morpholine rings is 1. The molecule has 2 aromatic rings. The Morgan fingerprint density at radius 2 is 2.17 bits per heavy atom. The third-order valence-electron chi connectivity index (χ3n) is 3.62. The number of halogens is 4. The van der Waals surface area contributed by atoms with E-state index in [1.54, 1.807) is 11.3 Å². The highest BCUT2D eigenvalue weighted by Gasteiger charge is 2.33. The summed E-state index contributed by atoms with van der Waals surface area (Å²) < 4.78 is 44.1. The Labute approximate surface area is 140 Å². The van der Waals surface area contributed by atoms with Gasteiger partial charge in [0.2, 0.25) is 0 Å². The Morgan fingerprint density at radius 1 is 1.39 bits per heavy atom. The SMILES string of the molecule is CC1CN(c2ncc(C(F)(F)F)cc2Cl)CC(c2ccsc2)O1. The van der Waals surface area contributed by atoms with E-state index >= 15 is 0 Å². The van der Waals surface area contributed by atoms with E-state index in [1.807, 2.05) is 28.7 Å². The zero-order valence-corrected chi connectivity index (χ0v) is 13.8. The Bertz CT molecular complexity index is 678. The quantitative estimate of drug-likeness (QED) is 0.768. The van der Waals surface area contributed by atoms with Gasteiger partial charge in [0.15, 0.2) is 0 Å². The van der Waals surface area contributed by atoms with Gasteiger partial charge in [0.25, 0.3) is 0 Å². The largest absolute Gasteiger partial charge is 0.417 e. The molecule has 1 aliphatic heterocycles. The topological polar surface area (TPSA) is 25.4 Å². The second kappa shape index (κ2) is 6.30. The molecule has 0 saturated carbocycles. The lowest BCUT2D eigenvalue weighted by Crippen LogP contribution is -2.43. The third-order valence-corrected chi connectivity index (χ3v) is 4.60. The van der Waals surface area contributed by atoms with Gasteiger partial charge in [0.05, 0.1) is 16.7 Å². The van der Waals surface area contributed by atoms with Crippen molar-refractivity contribution in [2.45, 2.75) is 25.3 Å². The number of ether oxygens (including phenoxy) is 1. The van der Waals surface area contributed by atoms with E-state index in [0.717, 1.165) is 17.8 Å². The van der Waals surface area contributed by atoms with Crippen LogP contribution in [0.4, 0.5) is 19.0 Å². The lowest BCUT2D eigenvalue weighted by Gasteiger charge is -2.37. The zero-order chi connectivity index (χ0) is 16.6. The molecular weight excluding hydrogens is 349 g/mol. The number of alkyl halides is 3. The summed E-state index contributed by atoms with van der Waals surface area (Å²) >= 11 is 7.62. The van der Waals surface area contributed by atoms with Crippen molar-refractivity contribution in [2.24, 2.45) is 0 Å². The van der Waals surface area contributed by atoms with Gasteiger partial charge in [-0.3, -0.25) is 0 Å². The van der Waals surface area contributed by atoms with Crippen molar-refractivity contribution in [1.82, 2.24) is 4.98 Å². The number of hydrogen-bond donors (Lipinski definition) is 0. The maximum atomic E-state index is 12.7. The number of aromatic nitrogens is 1. The fourth-order valence-electron chi connectivity index (χ4n) is 2.59. The fraction of sp³-hybridized carbons (Fsp3) is 0.400. The van der Waals surface area contributed by atoms with Crippen molar-refractivity contribution in [3.63, 3.8) is 0 Å². The molecule has 2 aromatic heterocycles. The van der Waals surface area contributed by atoms with E-state index < -0.39 is 11.7 Å². The van der Waals surface area contributed by atoms with E-state index in [-0.39, 0.29) is 17.2 Å². The van der Waals surface area contributed by atoms with Crippen LogP contribution in [0.2, 0.25) is 5.02 Å². The summed E-state index contributed by atoms with van der Waals surface area (Å²) in [6.45, 7) is 2.95. The first-order valence-corrected chi connectivity index (χ1v) is 8.32. The molecule has 0 aromatic carbocycles.